The van der Waals surface area contributed by atoms with Crippen LogP contribution in [0.25, 0.3) is 5.69 Å². The number of halogens is 4. The van der Waals surface area contributed by atoms with E-state index in [-0.39, 0.29) is 11.4 Å². The maximum absolute atomic E-state index is 13.6. The Morgan fingerprint density at radius 3 is 2.37 bits per heavy atom. The third kappa shape index (κ3) is 4.43. The highest BCUT2D eigenvalue weighted by atomic mass is 32.2. The number of amides is 1. The summed E-state index contributed by atoms with van der Waals surface area (Å²) in [5, 5.41) is 2.77. The minimum atomic E-state index is -4.66. The van der Waals surface area contributed by atoms with Gasteiger partial charge in [0.05, 0.1) is 17.4 Å². The van der Waals surface area contributed by atoms with Gasteiger partial charge in [0.25, 0.3) is 5.91 Å². The lowest BCUT2D eigenvalue weighted by atomic mass is 10.1. The maximum Gasteiger partial charge on any atom is 0.418 e. The number of carbonyl (C=O) groups is 1. The molecule has 0 saturated heterocycles. The van der Waals surface area contributed by atoms with Crippen LogP contribution in [0, 0.1) is 5.82 Å². The largest absolute Gasteiger partial charge is 0.418 e. The van der Waals surface area contributed by atoms with Gasteiger partial charge in [-0.2, -0.15) is 13.2 Å². The molecular formula is C20H18F4N4OS. The summed E-state index contributed by atoms with van der Waals surface area (Å²) in [6, 6.07) is 9.03. The molecule has 0 fully saturated rings. The van der Waals surface area contributed by atoms with E-state index < -0.39 is 23.5 Å². The highest BCUT2D eigenvalue weighted by Gasteiger charge is 2.35. The quantitative estimate of drug-likeness (QED) is 0.446. The molecule has 2 aromatic carbocycles. The van der Waals surface area contributed by atoms with Crippen molar-refractivity contribution in [3.63, 3.8) is 0 Å². The van der Waals surface area contributed by atoms with Gasteiger partial charge >= 0.3 is 6.18 Å². The lowest BCUT2D eigenvalue weighted by Crippen LogP contribution is -2.20. The molecule has 1 aromatic heterocycles. The van der Waals surface area contributed by atoms with Crippen LogP contribution in [0.2, 0.25) is 0 Å². The molecule has 0 aliphatic rings. The molecule has 1 N–H and O–H groups in total. The Kier molecular flexibility index (Phi) is 6.06. The Labute approximate surface area is 174 Å². The summed E-state index contributed by atoms with van der Waals surface area (Å²) in [4.78, 5) is 18.6. The zero-order valence-electron chi connectivity index (χ0n) is 16.3. The third-order valence-corrected chi connectivity index (χ3v) is 4.96. The molecule has 1 heterocycles. The van der Waals surface area contributed by atoms with Gasteiger partial charge < -0.3 is 10.2 Å². The van der Waals surface area contributed by atoms with Crippen LogP contribution in [0.15, 0.2) is 53.8 Å². The van der Waals surface area contributed by atoms with E-state index in [1.165, 1.54) is 63.8 Å². The van der Waals surface area contributed by atoms with E-state index in [1.807, 2.05) is 0 Å². The fourth-order valence-corrected chi connectivity index (χ4v) is 3.36. The van der Waals surface area contributed by atoms with Crippen LogP contribution < -0.4 is 10.2 Å². The number of nitrogens with one attached hydrogen (secondary N) is 1. The number of hydrogen-bond donors (Lipinski definition) is 1. The number of carbonyl (C=O) groups excluding carboxylic acids is 1. The number of anilines is 2. The second-order valence-electron chi connectivity index (χ2n) is 6.52. The van der Waals surface area contributed by atoms with Gasteiger partial charge in [0.2, 0.25) is 0 Å². The van der Waals surface area contributed by atoms with Gasteiger partial charge in [-0.15, -0.1) is 0 Å². The second-order valence-corrected chi connectivity index (χ2v) is 7.29. The molecule has 1 amide bonds. The van der Waals surface area contributed by atoms with Gasteiger partial charge in [0.1, 0.15) is 11.5 Å². The summed E-state index contributed by atoms with van der Waals surface area (Å²) in [7, 11) is 3.25. The number of hydrogen-bond acceptors (Lipinski definition) is 4. The molecule has 0 spiro atoms. The van der Waals surface area contributed by atoms with E-state index in [9.17, 15) is 22.4 Å². The Hall–Kier alpha value is -3.01. The number of alkyl halides is 3. The molecule has 0 saturated carbocycles. The zero-order chi connectivity index (χ0) is 22.1. The van der Waals surface area contributed by atoms with Crippen molar-refractivity contribution in [2.45, 2.75) is 11.3 Å². The minimum absolute atomic E-state index is 0.0239. The summed E-state index contributed by atoms with van der Waals surface area (Å²) in [5.41, 5.74) is -0.491. The van der Waals surface area contributed by atoms with E-state index in [4.69, 9.17) is 0 Å². The molecule has 0 radical (unpaired) electrons. The predicted molar refractivity (Wildman–Crippen MR) is 109 cm³/mol. The highest BCUT2D eigenvalue weighted by molar-refractivity contribution is 7.98. The highest BCUT2D eigenvalue weighted by Crippen LogP contribution is 2.37. The van der Waals surface area contributed by atoms with Gasteiger partial charge in [0.15, 0.2) is 5.16 Å². The number of rotatable bonds is 5. The molecule has 3 rings (SSSR count). The molecule has 10 heteroatoms. The van der Waals surface area contributed by atoms with Crippen molar-refractivity contribution >= 4 is 29.0 Å². The lowest BCUT2D eigenvalue weighted by molar-refractivity contribution is -0.136. The first-order valence-electron chi connectivity index (χ1n) is 8.69. The Bertz CT molecular complexity index is 1060. The van der Waals surface area contributed by atoms with Crippen LogP contribution >= 0.6 is 11.8 Å². The third-order valence-electron chi connectivity index (χ3n) is 4.30. The average Bonchev–Trinajstić information content (AvgIpc) is 3.12. The van der Waals surface area contributed by atoms with Gasteiger partial charge in [-0.25, -0.2) is 9.37 Å². The Balaban J connectivity index is 2.02. The van der Waals surface area contributed by atoms with Crippen molar-refractivity contribution in [3.05, 3.63) is 65.7 Å². The van der Waals surface area contributed by atoms with Crippen LogP contribution in [0.3, 0.4) is 0 Å². The summed E-state index contributed by atoms with van der Waals surface area (Å²) in [6.45, 7) is 0. The first-order valence-corrected chi connectivity index (χ1v) is 9.92. The van der Waals surface area contributed by atoms with E-state index in [0.717, 1.165) is 6.07 Å². The van der Waals surface area contributed by atoms with Crippen molar-refractivity contribution in [3.8, 4) is 5.69 Å². The smallest absolute Gasteiger partial charge is 0.378 e. The molecule has 0 atom stereocenters. The van der Waals surface area contributed by atoms with Gasteiger partial charge in [-0.05, 0) is 48.7 Å². The lowest BCUT2D eigenvalue weighted by Gasteiger charge is -2.19. The first-order chi connectivity index (χ1) is 14.1. The van der Waals surface area contributed by atoms with Crippen LogP contribution in [0.4, 0.5) is 28.9 Å². The predicted octanol–water partition coefficient (Wildman–Crippen LogP) is 5.07. The molecule has 0 bridgehead atoms. The van der Waals surface area contributed by atoms with Crippen molar-refractivity contribution in [1.82, 2.24) is 9.55 Å². The molecule has 158 valence electrons. The minimum Gasteiger partial charge on any atom is -0.378 e. The van der Waals surface area contributed by atoms with E-state index in [1.54, 1.807) is 20.4 Å². The summed E-state index contributed by atoms with van der Waals surface area (Å²) < 4.78 is 55.4. The monoisotopic (exact) mass is 438 g/mol. The number of aromatic nitrogens is 2. The average molecular weight is 438 g/mol. The first kappa shape index (κ1) is 21.7. The zero-order valence-corrected chi connectivity index (χ0v) is 17.1. The Morgan fingerprint density at radius 1 is 1.13 bits per heavy atom. The van der Waals surface area contributed by atoms with Gasteiger partial charge in [-0.1, -0.05) is 11.8 Å². The molecule has 0 aliphatic heterocycles. The topological polar surface area (TPSA) is 50.2 Å². The standard InChI is InChI=1S/C20H18F4N4OS/c1-27(2)14-8-9-16(15(10-14)20(22,23)24)26-18(29)17-11-25-19(30-3)28(17)13-6-4-12(21)5-7-13/h4-11H,1-3H3,(H,26,29). The van der Waals surface area contributed by atoms with Crippen molar-refractivity contribution < 1.29 is 22.4 Å². The van der Waals surface area contributed by atoms with Gasteiger partial charge in [-0.3, -0.25) is 9.36 Å². The normalized spacial score (nSPS) is 11.4. The number of thioether (sulfide) groups is 1. The second kappa shape index (κ2) is 8.39. The van der Waals surface area contributed by atoms with Crippen LogP contribution in [-0.4, -0.2) is 35.8 Å². The summed E-state index contributed by atoms with van der Waals surface area (Å²) in [5.74, 6) is -1.22. The van der Waals surface area contributed by atoms with Crippen LogP contribution in [-0.2, 0) is 6.18 Å². The summed E-state index contributed by atoms with van der Waals surface area (Å²) >= 11 is 1.24. The molecule has 30 heavy (non-hydrogen) atoms. The van der Waals surface area contributed by atoms with Crippen molar-refractivity contribution in [1.29, 1.82) is 0 Å². The maximum atomic E-state index is 13.6. The fraction of sp³-hybridized carbons (Fsp3) is 0.200. The number of benzene rings is 2. The molecule has 0 aliphatic carbocycles. The van der Waals surface area contributed by atoms with E-state index in [2.05, 4.69) is 10.3 Å². The molecule has 3 aromatic rings. The van der Waals surface area contributed by atoms with Crippen molar-refractivity contribution in [2.24, 2.45) is 0 Å². The van der Waals surface area contributed by atoms with Crippen LogP contribution in [0.5, 0.6) is 0 Å². The SMILES string of the molecule is CSc1ncc(C(=O)Nc2ccc(N(C)C)cc2C(F)(F)F)n1-c1ccc(F)cc1. The van der Waals surface area contributed by atoms with E-state index >= 15 is 0 Å². The summed E-state index contributed by atoms with van der Waals surface area (Å²) in [6.07, 6.45) is -1.64. The number of imidazole rings is 1. The molecule has 0 unspecified atom stereocenters. The van der Waals surface area contributed by atoms with Crippen LogP contribution in [0.1, 0.15) is 16.1 Å². The molecule has 5 nitrogen and oxygen atoms in total. The Morgan fingerprint density at radius 2 is 1.80 bits per heavy atom. The van der Waals surface area contributed by atoms with Crippen molar-refractivity contribution in [2.75, 3.05) is 30.6 Å². The molecular weight excluding hydrogens is 420 g/mol. The van der Waals surface area contributed by atoms with Gasteiger partial charge in [0, 0.05) is 25.5 Å². The van der Waals surface area contributed by atoms with E-state index in [0.29, 0.717) is 16.5 Å². The fourth-order valence-electron chi connectivity index (χ4n) is 2.82. The number of nitrogens with zero attached hydrogens (tertiary/aromatic N) is 3.